The third-order valence-electron chi connectivity index (χ3n) is 2.19. The van der Waals surface area contributed by atoms with E-state index in [-0.39, 0.29) is 0 Å². The van der Waals surface area contributed by atoms with Gasteiger partial charge in [0, 0.05) is 28.5 Å². The van der Waals surface area contributed by atoms with Gasteiger partial charge in [0.2, 0.25) is 0 Å². The summed E-state index contributed by atoms with van der Waals surface area (Å²) in [7, 11) is 0. The van der Waals surface area contributed by atoms with Gasteiger partial charge in [-0.25, -0.2) is 0 Å². The molecule has 5 heteroatoms. The molecule has 1 N–H and O–H groups in total. The predicted molar refractivity (Wildman–Crippen MR) is 77.0 cm³/mol. The van der Waals surface area contributed by atoms with Gasteiger partial charge in [0.25, 0.3) is 0 Å². The Morgan fingerprint density at radius 1 is 1.29 bits per heavy atom. The molecule has 0 unspecified atom stereocenters. The van der Waals surface area contributed by atoms with E-state index < -0.39 is 0 Å². The maximum atomic E-state index is 6.10. The van der Waals surface area contributed by atoms with E-state index in [2.05, 4.69) is 21.2 Å². The second kappa shape index (κ2) is 9.17. The Balaban J connectivity index is 2.14. The van der Waals surface area contributed by atoms with Crippen LogP contribution in [0.2, 0.25) is 5.02 Å². The first kappa shape index (κ1) is 15.3. The van der Waals surface area contributed by atoms with Crippen molar-refractivity contribution in [1.29, 1.82) is 0 Å². The number of nitrogens with one attached hydrogen (secondary N) is 1. The van der Waals surface area contributed by atoms with E-state index in [1.54, 1.807) is 0 Å². The highest BCUT2D eigenvalue weighted by Crippen LogP contribution is 2.20. The molecule has 0 saturated heterocycles. The zero-order valence-electron chi connectivity index (χ0n) is 9.52. The Labute approximate surface area is 121 Å². The van der Waals surface area contributed by atoms with Crippen molar-refractivity contribution in [3.05, 3.63) is 33.3 Å². The molecule has 0 spiro atoms. The standard InChI is InChI=1S/C12H16BrCl2NO/c13-11-3-2-10(12(15)8-11)9-16-5-1-6-17-7-4-14/h2-3,8,16H,1,4-7,9H2. The normalized spacial score (nSPS) is 10.8. The van der Waals surface area contributed by atoms with Gasteiger partial charge in [-0.3, -0.25) is 0 Å². The highest BCUT2D eigenvalue weighted by Gasteiger charge is 2.00. The lowest BCUT2D eigenvalue weighted by Gasteiger charge is -2.07. The Bertz CT molecular complexity index is 336. The van der Waals surface area contributed by atoms with Gasteiger partial charge in [-0.15, -0.1) is 11.6 Å². The van der Waals surface area contributed by atoms with E-state index in [0.29, 0.717) is 12.5 Å². The lowest BCUT2D eigenvalue weighted by molar-refractivity contribution is 0.146. The van der Waals surface area contributed by atoms with Gasteiger partial charge in [-0.2, -0.15) is 0 Å². The molecule has 0 atom stereocenters. The molecule has 17 heavy (non-hydrogen) atoms. The Morgan fingerprint density at radius 2 is 2.12 bits per heavy atom. The topological polar surface area (TPSA) is 21.3 Å². The van der Waals surface area contributed by atoms with Crippen molar-refractivity contribution in [3.8, 4) is 0 Å². The third-order valence-corrected chi connectivity index (χ3v) is 3.19. The molecule has 1 rings (SSSR count). The summed E-state index contributed by atoms with van der Waals surface area (Å²) in [5.74, 6) is 0.557. The van der Waals surface area contributed by atoms with E-state index in [0.717, 1.165) is 41.2 Å². The summed E-state index contributed by atoms with van der Waals surface area (Å²) in [4.78, 5) is 0. The Hall–Kier alpha value is 0.200. The molecule has 0 amide bonds. The largest absolute Gasteiger partial charge is 0.380 e. The lowest BCUT2D eigenvalue weighted by atomic mass is 10.2. The number of rotatable bonds is 8. The zero-order valence-corrected chi connectivity index (χ0v) is 12.6. The molecule has 0 aromatic heterocycles. The van der Waals surface area contributed by atoms with Crippen LogP contribution in [0, 0.1) is 0 Å². The number of benzene rings is 1. The number of hydrogen-bond acceptors (Lipinski definition) is 2. The fourth-order valence-corrected chi connectivity index (χ4v) is 2.19. The minimum absolute atomic E-state index is 0.557. The number of ether oxygens (including phenoxy) is 1. The summed E-state index contributed by atoms with van der Waals surface area (Å²) < 4.78 is 6.27. The van der Waals surface area contributed by atoms with Gasteiger partial charge in [0.1, 0.15) is 0 Å². The van der Waals surface area contributed by atoms with E-state index in [1.807, 2.05) is 18.2 Å². The van der Waals surface area contributed by atoms with Crippen LogP contribution in [0.15, 0.2) is 22.7 Å². The van der Waals surface area contributed by atoms with Crippen LogP contribution < -0.4 is 5.32 Å². The van der Waals surface area contributed by atoms with Crippen LogP contribution in [0.1, 0.15) is 12.0 Å². The van der Waals surface area contributed by atoms with Gasteiger partial charge in [0.15, 0.2) is 0 Å². The fraction of sp³-hybridized carbons (Fsp3) is 0.500. The van der Waals surface area contributed by atoms with Crippen LogP contribution in [0.5, 0.6) is 0 Å². The second-order valence-corrected chi connectivity index (χ2v) is 5.27. The quantitative estimate of drug-likeness (QED) is 0.573. The van der Waals surface area contributed by atoms with Crippen LogP contribution in [0.25, 0.3) is 0 Å². The third kappa shape index (κ3) is 6.63. The molecule has 0 radical (unpaired) electrons. The van der Waals surface area contributed by atoms with Crippen molar-refractivity contribution in [3.63, 3.8) is 0 Å². The van der Waals surface area contributed by atoms with Gasteiger partial charge in [0.05, 0.1) is 6.61 Å². The molecular formula is C12H16BrCl2NO. The molecule has 0 bridgehead atoms. The van der Waals surface area contributed by atoms with Crippen molar-refractivity contribution >= 4 is 39.1 Å². The second-order valence-electron chi connectivity index (χ2n) is 3.57. The molecule has 1 aromatic rings. The van der Waals surface area contributed by atoms with Crippen LogP contribution in [-0.4, -0.2) is 25.6 Å². The van der Waals surface area contributed by atoms with Crippen molar-refractivity contribution in [2.24, 2.45) is 0 Å². The van der Waals surface area contributed by atoms with Crippen LogP contribution in [0.4, 0.5) is 0 Å². The molecule has 2 nitrogen and oxygen atoms in total. The SMILES string of the molecule is ClCCOCCCNCc1ccc(Br)cc1Cl. The van der Waals surface area contributed by atoms with E-state index in [9.17, 15) is 0 Å². The van der Waals surface area contributed by atoms with E-state index in [1.165, 1.54) is 0 Å². The molecule has 0 aliphatic rings. The van der Waals surface area contributed by atoms with Crippen LogP contribution in [0.3, 0.4) is 0 Å². The Morgan fingerprint density at radius 3 is 2.82 bits per heavy atom. The van der Waals surface area contributed by atoms with Gasteiger partial charge in [-0.05, 0) is 30.7 Å². The molecule has 0 saturated carbocycles. The summed E-state index contributed by atoms with van der Waals surface area (Å²) >= 11 is 15.0. The van der Waals surface area contributed by atoms with E-state index >= 15 is 0 Å². The van der Waals surface area contributed by atoms with Gasteiger partial charge < -0.3 is 10.1 Å². The summed E-state index contributed by atoms with van der Waals surface area (Å²) in [5, 5.41) is 4.11. The number of alkyl halides is 1. The van der Waals surface area contributed by atoms with Crippen molar-refractivity contribution in [2.75, 3.05) is 25.6 Å². The van der Waals surface area contributed by atoms with Crippen molar-refractivity contribution in [1.82, 2.24) is 5.32 Å². The molecule has 0 aliphatic carbocycles. The Kier molecular flexibility index (Phi) is 8.23. The number of halogens is 3. The van der Waals surface area contributed by atoms with Crippen LogP contribution >= 0.6 is 39.1 Å². The maximum Gasteiger partial charge on any atom is 0.0601 e. The summed E-state index contributed by atoms with van der Waals surface area (Å²) in [6.07, 6.45) is 0.977. The molecule has 0 fully saturated rings. The molecular weight excluding hydrogens is 325 g/mol. The molecule has 96 valence electrons. The maximum absolute atomic E-state index is 6.10. The highest BCUT2D eigenvalue weighted by atomic mass is 79.9. The fourth-order valence-electron chi connectivity index (χ4n) is 1.34. The molecule has 0 aliphatic heterocycles. The first-order valence-corrected chi connectivity index (χ1v) is 7.23. The summed E-state index contributed by atoms with van der Waals surface area (Å²) in [6, 6.07) is 5.91. The molecule has 0 heterocycles. The van der Waals surface area contributed by atoms with Crippen molar-refractivity contribution < 1.29 is 4.74 Å². The smallest absolute Gasteiger partial charge is 0.0601 e. The monoisotopic (exact) mass is 339 g/mol. The summed E-state index contributed by atoms with van der Waals surface area (Å²) in [5.41, 5.74) is 1.11. The first-order chi connectivity index (χ1) is 8.24. The van der Waals surface area contributed by atoms with Gasteiger partial charge >= 0.3 is 0 Å². The molecule has 1 aromatic carbocycles. The van der Waals surface area contributed by atoms with Crippen molar-refractivity contribution in [2.45, 2.75) is 13.0 Å². The number of hydrogen-bond donors (Lipinski definition) is 1. The minimum atomic E-state index is 0.557. The average molecular weight is 341 g/mol. The first-order valence-electron chi connectivity index (χ1n) is 5.52. The minimum Gasteiger partial charge on any atom is -0.380 e. The summed E-state index contributed by atoms with van der Waals surface area (Å²) in [6.45, 7) is 3.06. The van der Waals surface area contributed by atoms with Crippen LogP contribution in [-0.2, 0) is 11.3 Å². The zero-order chi connectivity index (χ0) is 12.5. The predicted octanol–water partition coefficient (Wildman–Crippen LogP) is 3.84. The lowest BCUT2D eigenvalue weighted by Crippen LogP contribution is -2.16. The highest BCUT2D eigenvalue weighted by molar-refractivity contribution is 9.10. The van der Waals surface area contributed by atoms with Gasteiger partial charge in [-0.1, -0.05) is 33.6 Å². The van der Waals surface area contributed by atoms with E-state index in [4.69, 9.17) is 27.9 Å². The average Bonchev–Trinajstić information content (AvgIpc) is 2.30.